The normalized spacial score (nSPS) is 10.5. The Morgan fingerprint density at radius 1 is 1.20 bits per heavy atom. The van der Waals surface area contributed by atoms with Gasteiger partial charge in [-0.15, -0.1) is 24.0 Å². The molecule has 0 aromatic heterocycles. The van der Waals surface area contributed by atoms with Crippen molar-refractivity contribution in [3.63, 3.8) is 0 Å². The van der Waals surface area contributed by atoms with Gasteiger partial charge in [-0.1, -0.05) is 0 Å². The van der Waals surface area contributed by atoms with Gasteiger partial charge in [-0.3, -0.25) is 9.79 Å². The van der Waals surface area contributed by atoms with Crippen LogP contribution in [0.4, 0.5) is 5.69 Å². The molecule has 0 aliphatic heterocycles. The van der Waals surface area contributed by atoms with Crippen LogP contribution >= 0.6 is 24.0 Å². The third kappa shape index (κ3) is 8.80. The number of halogens is 1. The lowest BCUT2D eigenvalue weighted by atomic mass is 10.2. The molecule has 0 bridgehead atoms. The first-order chi connectivity index (χ1) is 11.6. The van der Waals surface area contributed by atoms with Crippen LogP contribution in [0.3, 0.4) is 0 Å². The Kier molecular flexibility index (Phi) is 12.6. The molecule has 25 heavy (non-hydrogen) atoms. The number of unbranched alkanes of at least 4 members (excludes halogenated alkanes) is 1. The summed E-state index contributed by atoms with van der Waals surface area (Å²) in [6, 6.07) is 5.61. The third-order valence-corrected chi connectivity index (χ3v) is 3.28. The monoisotopic (exact) mass is 465 g/mol. The molecular formula is C17H28IN3O4. The maximum Gasteiger partial charge on any atom is 0.305 e. The largest absolute Gasteiger partial charge is 0.493 e. The molecule has 0 amide bonds. The second-order valence-corrected chi connectivity index (χ2v) is 4.96. The van der Waals surface area contributed by atoms with Gasteiger partial charge in [0, 0.05) is 31.8 Å². The molecular weight excluding hydrogens is 437 g/mol. The van der Waals surface area contributed by atoms with E-state index in [2.05, 4.69) is 20.4 Å². The van der Waals surface area contributed by atoms with Crippen molar-refractivity contribution in [2.75, 3.05) is 39.7 Å². The number of esters is 1. The summed E-state index contributed by atoms with van der Waals surface area (Å²) in [6.07, 6.45) is 2.05. The average molecular weight is 465 g/mol. The number of hydrogen-bond acceptors (Lipinski definition) is 5. The van der Waals surface area contributed by atoms with Crippen molar-refractivity contribution in [2.24, 2.45) is 4.99 Å². The van der Waals surface area contributed by atoms with Gasteiger partial charge in [0.25, 0.3) is 0 Å². The highest BCUT2D eigenvalue weighted by Gasteiger charge is 2.07. The summed E-state index contributed by atoms with van der Waals surface area (Å²) in [6.45, 7) is 3.20. The molecule has 0 saturated carbocycles. The van der Waals surface area contributed by atoms with E-state index in [1.165, 1.54) is 7.11 Å². The van der Waals surface area contributed by atoms with Crippen LogP contribution in [0.5, 0.6) is 11.5 Å². The van der Waals surface area contributed by atoms with Crippen LogP contribution in [0.15, 0.2) is 23.2 Å². The Morgan fingerprint density at radius 2 is 1.96 bits per heavy atom. The lowest BCUT2D eigenvalue weighted by Gasteiger charge is -2.14. The quantitative estimate of drug-likeness (QED) is 0.192. The molecule has 0 aliphatic rings. The topological polar surface area (TPSA) is 81.2 Å². The fraction of sp³-hybridized carbons (Fsp3) is 0.529. The number of guanidine groups is 1. The molecule has 142 valence electrons. The number of aliphatic imine (C=N–C) groups is 1. The van der Waals surface area contributed by atoms with E-state index in [1.807, 2.05) is 25.1 Å². The highest BCUT2D eigenvalue weighted by molar-refractivity contribution is 14.0. The molecule has 1 aromatic carbocycles. The van der Waals surface area contributed by atoms with Gasteiger partial charge in [0.05, 0.1) is 20.8 Å². The number of rotatable bonds is 9. The molecule has 0 aliphatic carbocycles. The van der Waals surface area contributed by atoms with E-state index in [-0.39, 0.29) is 29.9 Å². The first-order valence-electron chi connectivity index (χ1n) is 7.99. The Hall–Kier alpha value is -1.71. The lowest BCUT2D eigenvalue weighted by Crippen LogP contribution is -2.31. The van der Waals surface area contributed by atoms with E-state index in [9.17, 15) is 4.79 Å². The maximum absolute atomic E-state index is 11.0. The average Bonchev–Trinajstić information content (AvgIpc) is 2.60. The van der Waals surface area contributed by atoms with Crippen molar-refractivity contribution in [3.8, 4) is 11.5 Å². The van der Waals surface area contributed by atoms with Crippen LogP contribution in [0, 0.1) is 0 Å². The Bertz CT molecular complexity index is 553. The minimum absolute atomic E-state index is 0. The number of anilines is 1. The van der Waals surface area contributed by atoms with Gasteiger partial charge in [-0.05, 0) is 31.9 Å². The fourth-order valence-electron chi connectivity index (χ4n) is 2.04. The van der Waals surface area contributed by atoms with Gasteiger partial charge in [-0.2, -0.15) is 0 Å². The zero-order valence-electron chi connectivity index (χ0n) is 15.3. The van der Waals surface area contributed by atoms with Crippen LogP contribution in [-0.4, -0.2) is 46.3 Å². The van der Waals surface area contributed by atoms with Gasteiger partial charge in [0.15, 0.2) is 17.5 Å². The molecule has 8 heteroatoms. The van der Waals surface area contributed by atoms with E-state index in [0.29, 0.717) is 37.0 Å². The van der Waals surface area contributed by atoms with Crippen molar-refractivity contribution >= 4 is 41.6 Å². The molecule has 0 saturated heterocycles. The van der Waals surface area contributed by atoms with Crippen LogP contribution in [-0.2, 0) is 9.53 Å². The first kappa shape index (κ1) is 23.3. The maximum atomic E-state index is 11.0. The number of methoxy groups -OCH3 is 2. The molecule has 0 atom stereocenters. The van der Waals surface area contributed by atoms with E-state index < -0.39 is 0 Å². The number of carbonyl (C=O) groups is 1. The molecule has 0 radical (unpaired) electrons. The fourth-order valence-corrected chi connectivity index (χ4v) is 2.04. The highest BCUT2D eigenvalue weighted by Crippen LogP contribution is 2.30. The molecule has 7 nitrogen and oxygen atoms in total. The SMILES string of the molecule is CCOc1cc(NC(=NC)NCCCCC(=O)OC)ccc1OC.I. The minimum atomic E-state index is -0.181. The number of hydrogen-bond donors (Lipinski definition) is 2. The summed E-state index contributed by atoms with van der Waals surface area (Å²) in [5, 5.41) is 6.41. The van der Waals surface area contributed by atoms with E-state index in [0.717, 1.165) is 18.5 Å². The molecule has 1 aromatic rings. The van der Waals surface area contributed by atoms with Gasteiger partial charge in [-0.25, -0.2) is 0 Å². The van der Waals surface area contributed by atoms with Gasteiger partial charge in [0.1, 0.15) is 0 Å². The smallest absolute Gasteiger partial charge is 0.305 e. The molecule has 1 rings (SSSR count). The number of benzene rings is 1. The number of nitrogens with one attached hydrogen (secondary N) is 2. The second-order valence-electron chi connectivity index (χ2n) is 4.96. The summed E-state index contributed by atoms with van der Waals surface area (Å²) < 4.78 is 15.4. The summed E-state index contributed by atoms with van der Waals surface area (Å²) >= 11 is 0. The number of ether oxygens (including phenoxy) is 3. The zero-order chi connectivity index (χ0) is 17.8. The Labute approximate surface area is 166 Å². The van der Waals surface area contributed by atoms with E-state index in [4.69, 9.17) is 9.47 Å². The van der Waals surface area contributed by atoms with Crippen molar-refractivity contribution in [1.82, 2.24) is 5.32 Å². The van der Waals surface area contributed by atoms with Crippen LogP contribution in [0.2, 0.25) is 0 Å². The first-order valence-corrected chi connectivity index (χ1v) is 7.99. The van der Waals surface area contributed by atoms with Crippen molar-refractivity contribution in [3.05, 3.63) is 18.2 Å². The molecule has 0 spiro atoms. The summed E-state index contributed by atoms with van der Waals surface area (Å²) in [4.78, 5) is 15.2. The van der Waals surface area contributed by atoms with Crippen LogP contribution < -0.4 is 20.1 Å². The predicted octanol–water partition coefficient (Wildman–Crippen LogP) is 3.04. The van der Waals surface area contributed by atoms with Gasteiger partial charge in [0.2, 0.25) is 0 Å². The molecule has 0 heterocycles. The van der Waals surface area contributed by atoms with Crippen molar-refractivity contribution < 1.29 is 19.0 Å². The molecule has 2 N–H and O–H groups in total. The molecule has 0 unspecified atom stereocenters. The Morgan fingerprint density at radius 3 is 2.56 bits per heavy atom. The second kappa shape index (κ2) is 13.6. The predicted molar refractivity (Wildman–Crippen MR) is 110 cm³/mol. The summed E-state index contributed by atoms with van der Waals surface area (Å²) in [5.41, 5.74) is 0.849. The lowest BCUT2D eigenvalue weighted by molar-refractivity contribution is -0.140. The molecule has 0 fully saturated rings. The number of carbonyl (C=O) groups excluding carboxylic acids is 1. The highest BCUT2D eigenvalue weighted by atomic mass is 127. The third-order valence-electron chi connectivity index (χ3n) is 3.28. The van der Waals surface area contributed by atoms with Gasteiger partial charge >= 0.3 is 5.97 Å². The summed E-state index contributed by atoms with van der Waals surface area (Å²) in [7, 11) is 4.72. The minimum Gasteiger partial charge on any atom is -0.493 e. The number of nitrogens with zero attached hydrogens (tertiary/aromatic N) is 1. The zero-order valence-corrected chi connectivity index (χ0v) is 17.6. The van der Waals surface area contributed by atoms with Crippen molar-refractivity contribution in [2.45, 2.75) is 26.2 Å². The Balaban J connectivity index is 0.00000576. The standard InChI is InChI=1S/C17H27N3O4.HI/c1-5-24-15-12-13(9-10-14(15)22-3)20-17(18-2)19-11-7-6-8-16(21)23-4;/h9-10,12H,5-8,11H2,1-4H3,(H2,18,19,20);1H. The van der Waals surface area contributed by atoms with E-state index in [1.54, 1.807) is 14.2 Å². The summed E-state index contributed by atoms with van der Waals surface area (Å²) in [5.74, 6) is 1.84. The van der Waals surface area contributed by atoms with Crippen molar-refractivity contribution in [1.29, 1.82) is 0 Å². The van der Waals surface area contributed by atoms with E-state index >= 15 is 0 Å². The van der Waals surface area contributed by atoms with Crippen LogP contribution in [0.25, 0.3) is 0 Å². The van der Waals surface area contributed by atoms with Crippen LogP contribution in [0.1, 0.15) is 26.2 Å². The van der Waals surface area contributed by atoms with Gasteiger partial charge < -0.3 is 24.8 Å².